The summed E-state index contributed by atoms with van der Waals surface area (Å²) in [7, 11) is 0. The molecule has 0 amide bonds. The minimum atomic E-state index is 0.251. The summed E-state index contributed by atoms with van der Waals surface area (Å²) in [6.45, 7) is 8.84. The molecular formula is C22H27N5S2. The number of anilines is 3. The van der Waals surface area contributed by atoms with Gasteiger partial charge >= 0.3 is 0 Å². The Bertz CT molecular complexity index is 1010. The molecule has 2 unspecified atom stereocenters. The Kier molecular flexibility index (Phi) is 5.96. The Balaban J connectivity index is 1.63. The van der Waals surface area contributed by atoms with Gasteiger partial charge in [-0.1, -0.05) is 6.92 Å². The standard InChI is InChI=1S/C22H27N5S2/c1-5-15(4)27-8-9-28-22(27)17-12-23-21(11-19(17)25-14(2)3)26-16-6-7-18-20(10-16)29-13-24-18/h6-15,22H,5H2,1-4H3,(H2,23,25,26). The highest BCUT2D eigenvalue weighted by molar-refractivity contribution is 8.02. The van der Waals surface area contributed by atoms with Crippen molar-refractivity contribution < 1.29 is 0 Å². The van der Waals surface area contributed by atoms with Crippen molar-refractivity contribution in [1.82, 2.24) is 14.9 Å². The third-order valence-corrected chi connectivity index (χ3v) is 6.89. The lowest BCUT2D eigenvalue weighted by atomic mass is 10.1. The molecule has 1 aliphatic heterocycles. The summed E-state index contributed by atoms with van der Waals surface area (Å²) in [4.78, 5) is 11.5. The van der Waals surface area contributed by atoms with Crippen LogP contribution in [0.1, 0.15) is 45.1 Å². The molecule has 29 heavy (non-hydrogen) atoms. The fourth-order valence-corrected chi connectivity index (χ4v) is 5.23. The van der Waals surface area contributed by atoms with E-state index >= 15 is 0 Å². The van der Waals surface area contributed by atoms with E-state index in [9.17, 15) is 0 Å². The SMILES string of the molecule is CCC(C)N1C=CSC1c1cnc(Nc2ccc3ncsc3c2)cc1NC(C)C. The maximum absolute atomic E-state index is 4.74. The van der Waals surface area contributed by atoms with Gasteiger partial charge in [0.15, 0.2) is 0 Å². The first-order valence-electron chi connectivity index (χ1n) is 10.0. The lowest BCUT2D eigenvalue weighted by molar-refractivity contribution is 0.278. The van der Waals surface area contributed by atoms with Crippen molar-refractivity contribution in [3.8, 4) is 0 Å². The van der Waals surface area contributed by atoms with Crippen LogP contribution in [-0.4, -0.2) is 27.0 Å². The quantitative estimate of drug-likeness (QED) is 0.446. The molecule has 0 spiro atoms. The number of benzene rings is 1. The topological polar surface area (TPSA) is 53.1 Å². The molecule has 3 heterocycles. The zero-order valence-corrected chi connectivity index (χ0v) is 18.8. The third-order valence-electron chi connectivity index (χ3n) is 5.06. The molecule has 2 aromatic heterocycles. The van der Waals surface area contributed by atoms with Gasteiger partial charge in [-0.05, 0) is 50.8 Å². The van der Waals surface area contributed by atoms with E-state index in [2.05, 4.69) is 78.0 Å². The van der Waals surface area contributed by atoms with Crippen molar-refractivity contribution in [3.05, 3.63) is 53.1 Å². The molecule has 7 heteroatoms. The molecule has 0 fully saturated rings. The predicted octanol–water partition coefficient (Wildman–Crippen LogP) is 6.57. The monoisotopic (exact) mass is 425 g/mol. The second kappa shape index (κ2) is 8.63. The Hall–Kier alpha value is -2.25. The average Bonchev–Trinajstić information content (AvgIpc) is 3.36. The minimum absolute atomic E-state index is 0.251. The first-order valence-corrected chi connectivity index (χ1v) is 11.8. The zero-order valence-electron chi connectivity index (χ0n) is 17.2. The Morgan fingerprint density at radius 1 is 1.17 bits per heavy atom. The third kappa shape index (κ3) is 4.36. The number of fused-ring (bicyclic) bond motifs is 1. The molecule has 2 atom stereocenters. The highest BCUT2D eigenvalue weighted by atomic mass is 32.2. The van der Waals surface area contributed by atoms with Crippen LogP contribution in [0, 0.1) is 0 Å². The number of aromatic nitrogens is 2. The number of rotatable bonds is 7. The highest BCUT2D eigenvalue weighted by Gasteiger charge is 2.28. The molecule has 152 valence electrons. The largest absolute Gasteiger partial charge is 0.382 e. The number of thiazole rings is 1. The van der Waals surface area contributed by atoms with Gasteiger partial charge in [0.25, 0.3) is 0 Å². The van der Waals surface area contributed by atoms with E-state index in [0.717, 1.165) is 29.1 Å². The van der Waals surface area contributed by atoms with E-state index in [0.29, 0.717) is 12.1 Å². The summed E-state index contributed by atoms with van der Waals surface area (Å²) >= 11 is 3.49. The lowest BCUT2D eigenvalue weighted by Gasteiger charge is -2.32. The van der Waals surface area contributed by atoms with Crippen LogP contribution < -0.4 is 10.6 Å². The van der Waals surface area contributed by atoms with Crippen LogP contribution in [0.2, 0.25) is 0 Å². The average molecular weight is 426 g/mol. The minimum Gasteiger partial charge on any atom is -0.382 e. The van der Waals surface area contributed by atoms with Crippen LogP contribution in [0.3, 0.4) is 0 Å². The van der Waals surface area contributed by atoms with Gasteiger partial charge < -0.3 is 15.5 Å². The zero-order chi connectivity index (χ0) is 20.4. The fraction of sp³-hybridized carbons (Fsp3) is 0.364. The summed E-state index contributed by atoms with van der Waals surface area (Å²) in [5.41, 5.74) is 6.28. The molecule has 1 aliphatic rings. The molecule has 0 radical (unpaired) electrons. The van der Waals surface area contributed by atoms with E-state index in [1.54, 1.807) is 11.3 Å². The van der Waals surface area contributed by atoms with Crippen LogP contribution in [0.25, 0.3) is 10.2 Å². The molecule has 1 aromatic carbocycles. The number of hydrogen-bond acceptors (Lipinski definition) is 7. The highest BCUT2D eigenvalue weighted by Crippen LogP contribution is 2.43. The van der Waals surface area contributed by atoms with E-state index in [-0.39, 0.29) is 5.37 Å². The molecule has 3 aromatic rings. The summed E-state index contributed by atoms with van der Waals surface area (Å²) < 4.78 is 1.17. The van der Waals surface area contributed by atoms with Crippen molar-refractivity contribution in [2.24, 2.45) is 0 Å². The van der Waals surface area contributed by atoms with Crippen LogP contribution in [-0.2, 0) is 0 Å². The number of hydrogen-bond donors (Lipinski definition) is 2. The number of pyridine rings is 1. The van der Waals surface area contributed by atoms with E-state index in [1.165, 1.54) is 10.3 Å². The molecule has 0 bridgehead atoms. The Labute approximate surface area is 180 Å². The van der Waals surface area contributed by atoms with Crippen LogP contribution >= 0.6 is 23.1 Å². The van der Waals surface area contributed by atoms with E-state index in [1.807, 2.05) is 29.5 Å². The van der Waals surface area contributed by atoms with Gasteiger partial charge in [0.1, 0.15) is 11.2 Å². The first-order chi connectivity index (χ1) is 14.0. The van der Waals surface area contributed by atoms with Gasteiger partial charge in [-0.15, -0.1) is 23.1 Å². The van der Waals surface area contributed by atoms with Crippen molar-refractivity contribution in [3.63, 3.8) is 0 Å². The smallest absolute Gasteiger partial charge is 0.132 e. The van der Waals surface area contributed by atoms with Gasteiger partial charge in [-0.25, -0.2) is 9.97 Å². The van der Waals surface area contributed by atoms with Gasteiger partial charge in [-0.3, -0.25) is 0 Å². The molecular weight excluding hydrogens is 398 g/mol. The fourth-order valence-electron chi connectivity index (χ4n) is 3.40. The molecule has 0 saturated carbocycles. The predicted molar refractivity (Wildman–Crippen MR) is 127 cm³/mol. The van der Waals surface area contributed by atoms with Crippen molar-refractivity contribution in [1.29, 1.82) is 0 Å². The van der Waals surface area contributed by atoms with Crippen LogP contribution in [0.4, 0.5) is 17.2 Å². The first kappa shape index (κ1) is 20.0. The van der Waals surface area contributed by atoms with Gasteiger partial charge in [-0.2, -0.15) is 0 Å². The van der Waals surface area contributed by atoms with Crippen LogP contribution in [0.5, 0.6) is 0 Å². The summed E-state index contributed by atoms with van der Waals surface area (Å²) in [5, 5.41) is 9.52. The van der Waals surface area contributed by atoms with Gasteiger partial charge in [0.05, 0.1) is 15.7 Å². The Morgan fingerprint density at radius 3 is 2.83 bits per heavy atom. The number of nitrogens with zero attached hydrogens (tertiary/aromatic N) is 3. The van der Waals surface area contributed by atoms with Gasteiger partial charge in [0, 0.05) is 47.5 Å². The van der Waals surface area contributed by atoms with E-state index in [4.69, 9.17) is 4.98 Å². The normalized spacial score (nSPS) is 17.3. The summed E-state index contributed by atoms with van der Waals surface area (Å²) in [6, 6.07) is 9.17. The van der Waals surface area contributed by atoms with Crippen molar-refractivity contribution in [2.75, 3.05) is 10.6 Å². The number of thioether (sulfide) groups is 1. The summed E-state index contributed by atoms with van der Waals surface area (Å²) in [6.07, 6.45) is 5.33. The lowest BCUT2D eigenvalue weighted by Crippen LogP contribution is -2.28. The molecule has 0 aliphatic carbocycles. The second-order valence-corrected chi connectivity index (χ2v) is 9.47. The molecule has 2 N–H and O–H groups in total. The second-order valence-electron chi connectivity index (χ2n) is 7.59. The maximum Gasteiger partial charge on any atom is 0.132 e. The molecule has 0 saturated heterocycles. The van der Waals surface area contributed by atoms with E-state index < -0.39 is 0 Å². The molecule has 5 nitrogen and oxygen atoms in total. The summed E-state index contributed by atoms with van der Waals surface area (Å²) in [5.74, 6) is 0.840. The van der Waals surface area contributed by atoms with Gasteiger partial charge in [0.2, 0.25) is 0 Å². The van der Waals surface area contributed by atoms with Crippen molar-refractivity contribution in [2.45, 2.75) is 51.6 Å². The molecule has 4 rings (SSSR count). The Morgan fingerprint density at radius 2 is 2.03 bits per heavy atom. The number of nitrogens with one attached hydrogen (secondary N) is 2. The maximum atomic E-state index is 4.74. The van der Waals surface area contributed by atoms with Crippen molar-refractivity contribution >= 4 is 50.5 Å². The van der Waals surface area contributed by atoms with Crippen LogP contribution in [0.15, 0.2) is 47.6 Å².